The number of benzene rings is 2. The van der Waals surface area contributed by atoms with Gasteiger partial charge in [0.15, 0.2) is 23.0 Å². The molecule has 0 aliphatic rings. The number of aromatic nitrogens is 2. The highest BCUT2D eigenvalue weighted by molar-refractivity contribution is 5.95. The number of ether oxygens (including phenoxy) is 3. The molecule has 1 aromatic heterocycles. The van der Waals surface area contributed by atoms with Crippen molar-refractivity contribution in [2.75, 3.05) is 25.6 Å². The lowest BCUT2D eigenvalue weighted by Crippen LogP contribution is -2.14. The van der Waals surface area contributed by atoms with Crippen LogP contribution in [0.3, 0.4) is 0 Å². The smallest absolute Gasteiger partial charge is 0.360 e. The fourth-order valence-corrected chi connectivity index (χ4v) is 3.06. The van der Waals surface area contributed by atoms with Gasteiger partial charge in [0.2, 0.25) is 0 Å². The van der Waals surface area contributed by atoms with Gasteiger partial charge in [-0.3, -0.25) is 0 Å². The molecule has 0 aliphatic heterocycles. The quantitative estimate of drug-likeness (QED) is 0.551. The van der Waals surface area contributed by atoms with Crippen molar-refractivity contribution < 1.29 is 19.0 Å². The highest BCUT2D eigenvalue weighted by Crippen LogP contribution is 2.29. The molecule has 0 atom stereocenters. The molecule has 0 saturated heterocycles. The molecule has 1 N–H and O–H groups in total. The molecule has 0 radical (unpaired) electrons. The molecule has 30 heavy (non-hydrogen) atoms. The molecular weight excluding hydrogens is 382 g/mol. The van der Waals surface area contributed by atoms with Crippen molar-refractivity contribution in [2.45, 2.75) is 34.2 Å². The van der Waals surface area contributed by atoms with Crippen molar-refractivity contribution in [1.82, 2.24) is 9.97 Å². The zero-order valence-electron chi connectivity index (χ0n) is 18.0. The SMILES string of the molecule is CCOC(=O)c1nc2cc(C)c(C)cc2nc1NCc1ccc(OCC)c(OC)c1. The van der Waals surface area contributed by atoms with Crippen molar-refractivity contribution in [1.29, 1.82) is 0 Å². The molecule has 1 heterocycles. The number of nitrogens with one attached hydrogen (secondary N) is 1. The Morgan fingerprint density at radius 1 is 0.967 bits per heavy atom. The second-order valence-corrected chi connectivity index (χ2v) is 6.84. The second-order valence-electron chi connectivity index (χ2n) is 6.84. The minimum absolute atomic E-state index is 0.172. The predicted molar refractivity (Wildman–Crippen MR) is 116 cm³/mol. The van der Waals surface area contributed by atoms with E-state index < -0.39 is 5.97 Å². The first kappa shape index (κ1) is 21.4. The van der Waals surface area contributed by atoms with Crippen LogP contribution < -0.4 is 14.8 Å². The molecule has 0 saturated carbocycles. The number of hydrogen-bond acceptors (Lipinski definition) is 7. The lowest BCUT2D eigenvalue weighted by molar-refractivity contribution is 0.0520. The van der Waals surface area contributed by atoms with Gasteiger partial charge in [0.05, 0.1) is 31.4 Å². The maximum Gasteiger partial charge on any atom is 0.360 e. The summed E-state index contributed by atoms with van der Waals surface area (Å²) in [6, 6.07) is 9.60. The van der Waals surface area contributed by atoms with E-state index in [-0.39, 0.29) is 12.3 Å². The summed E-state index contributed by atoms with van der Waals surface area (Å²) in [5, 5.41) is 3.23. The highest BCUT2D eigenvalue weighted by Gasteiger charge is 2.18. The molecule has 158 valence electrons. The van der Waals surface area contributed by atoms with Gasteiger partial charge in [-0.15, -0.1) is 0 Å². The number of methoxy groups -OCH3 is 1. The van der Waals surface area contributed by atoms with Gasteiger partial charge in [0.1, 0.15) is 0 Å². The summed E-state index contributed by atoms with van der Waals surface area (Å²) in [5.74, 6) is 1.22. The van der Waals surface area contributed by atoms with Gasteiger partial charge in [0, 0.05) is 6.54 Å². The van der Waals surface area contributed by atoms with E-state index in [2.05, 4.69) is 15.3 Å². The summed E-state index contributed by atoms with van der Waals surface area (Å²) >= 11 is 0. The second kappa shape index (κ2) is 9.43. The fraction of sp³-hybridized carbons (Fsp3) is 0.348. The summed E-state index contributed by atoms with van der Waals surface area (Å²) < 4.78 is 16.2. The number of nitrogens with zero attached hydrogens (tertiary/aromatic N) is 2. The lowest BCUT2D eigenvalue weighted by atomic mass is 10.1. The van der Waals surface area contributed by atoms with Crippen molar-refractivity contribution in [2.24, 2.45) is 0 Å². The molecule has 3 aromatic rings. The third-order valence-corrected chi connectivity index (χ3v) is 4.74. The van der Waals surface area contributed by atoms with E-state index >= 15 is 0 Å². The Balaban J connectivity index is 1.94. The average molecular weight is 409 g/mol. The van der Waals surface area contributed by atoms with E-state index in [9.17, 15) is 4.79 Å². The first-order valence-electron chi connectivity index (χ1n) is 9.96. The molecule has 7 heteroatoms. The van der Waals surface area contributed by atoms with Crippen LogP contribution in [0, 0.1) is 13.8 Å². The number of hydrogen-bond donors (Lipinski definition) is 1. The van der Waals surface area contributed by atoms with Gasteiger partial charge < -0.3 is 19.5 Å². The summed E-state index contributed by atoms with van der Waals surface area (Å²) in [7, 11) is 1.60. The number of esters is 1. The zero-order chi connectivity index (χ0) is 21.7. The number of rotatable bonds is 8. The molecule has 3 rings (SSSR count). The van der Waals surface area contributed by atoms with E-state index in [1.165, 1.54) is 0 Å². The number of anilines is 1. The third kappa shape index (κ3) is 4.62. The normalized spacial score (nSPS) is 10.7. The number of carbonyl (C=O) groups is 1. The van der Waals surface area contributed by atoms with E-state index in [1.54, 1.807) is 14.0 Å². The Kier molecular flexibility index (Phi) is 6.72. The van der Waals surface area contributed by atoms with Crippen LogP contribution in [0.25, 0.3) is 11.0 Å². The van der Waals surface area contributed by atoms with Gasteiger partial charge in [-0.1, -0.05) is 6.07 Å². The standard InChI is InChI=1S/C23H27N3O4/c1-6-29-19-9-8-16(12-20(19)28-5)13-24-22-21(23(27)30-7-2)25-17-10-14(3)15(4)11-18(17)26-22/h8-12H,6-7,13H2,1-5H3,(H,24,26). The Hall–Kier alpha value is -3.35. The summed E-state index contributed by atoms with van der Waals surface area (Å²) in [4.78, 5) is 21.7. The summed E-state index contributed by atoms with van der Waals surface area (Å²) in [5.41, 5.74) is 4.71. The lowest BCUT2D eigenvalue weighted by Gasteiger charge is -2.14. The largest absolute Gasteiger partial charge is 0.493 e. The molecule has 2 aromatic carbocycles. The van der Waals surface area contributed by atoms with Crippen LogP contribution in [0.4, 0.5) is 5.82 Å². The topological polar surface area (TPSA) is 82.6 Å². The predicted octanol–water partition coefficient (Wildman–Crippen LogP) is 4.44. The van der Waals surface area contributed by atoms with Crippen LogP contribution in [0.2, 0.25) is 0 Å². The Bertz CT molecular complexity index is 1070. The van der Waals surface area contributed by atoms with Crippen molar-refractivity contribution >= 4 is 22.8 Å². The minimum atomic E-state index is -0.503. The van der Waals surface area contributed by atoms with Crippen LogP contribution in [-0.2, 0) is 11.3 Å². The van der Waals surface area contributed by atoms with Gasteiger partial charge in [-0.05, 0) is 68.7 Å². The van der Waals surface area contributed by atoms with Crippen LogP contribution in [0.15, 0.2) is 30.3 Å². The molecule has 7 nitrogen and oxygen atoms in total. The summed E-state index contributed by atoms with van der Waals surface area (Å²) in [6.45, 7) is 8.97. The molecule has 0 spiro atoms. The van der Waals surface area contributed by atoms with Gasteiger partial charge >= 0.3 is 5.97 Å². The maximum absolute atomic E-state index is 12.5. The molecule has 0 fully saturated rings. The van der Waals surface area contributed by atoms with Crippen molar-refractivity contribution in [3.05, 3.63) is 52.7 Å². The van der Waals surface area contributed by atoms with Gasteiger partial charge in [-0.25, -0.2) is 14.8 Å². The maximum atomic E-state index is 12.5. The van der Waals surface area contributed by atoms with Crippen LogP contribution in [0.5, 0.6) is 11.5 Å². The third-order valence-electron chi connectivity index (χ3n) is 4.74. The Morgan fingerprint density at radius 3 is 2.30 bits per heavy atom. The molecule has 0 amide bonds. The average Bonchev–Trinajstić information content (AvgIpc) is 2.73. The molecular formula is C23H27N3O4. The van der Waals surface area contributed by atoms with E-state index in [1.807, 2.05) is 51.1 Å². The fourth-order valence-electron chi connectivity index (χ4n) is 3.06. The van der Waals surface area contributed by atoms with Crippen molar-refractivity contribution in [3.8, 4) is 11.5 Å². The Labute approximate surface area is 176 Å². The minimum Gasteiger partial charge on any atom is -0.493 e. The Morgan fingerprint density at radius 2 is 1.67 bits per heavy atom. The van der Waals surface area contributed by atoms with Crippen LogP contribution in [0.1, 0.15) is 41.0 Å². The van der Waals surface area contributed by atoms with Gasteiger partial charge in [-0.2, -0.15) is 0 Å². The van der Waals surface area contributed by atoms with Crippen molar-refractivity contribution in [3.63, 3.8) is 0 Å². The molecule has 0 unspecified atom stereocenters. The first-order valence-corrected chi connectivity index (χ1v) is 9.96. The number of carbonyl (C=O) groups excluding carboxylic acids is 1. The van der Waals surface area contributed by atoms with E-state index in [0.29, 0.717) is 36.0 Å². The number of aryl methyl sites for hydroxylation is 2. The van der Waals surface area contributed by atoms with E-state index in [4.69, 9.17) is 14.2 Å². The number of fused-ring (bicyclic) bond motifs is 1. The zero-order valence-corrected chi connectivity index (χ0v) is 18.0. The monoisotopic (exact) mass is 409 g/mol. The van der Waals surface area contributed by atoms with Crippen LogP contribution in [-0.4, -0.2) is 36.3 Å². The van der Waals surface area contributed by atoms with Gasteiger partial charge in [0.25, 0.3) is 0 Å². The first-order chi connectivity index (χ1) is 14.5. The van der Waals surface area contributed by atoms with Crippen LogP contribution >= 0.6 is 0 Å². The molecule has 0 aliphatic carbocycles. The molecule has 0 bridgehead atoms. The summed E-state index contributed by atoms with van der Waals surface area (Å²) in [6.07, 6.45) is 0. The highest BCUT2D eigenvalue weighted by atomic mass is 16.5. The van der Waals surface area contributed by atoms with E-state index in [0.717, 1.165) is 22.2 Å².